The molecule has 38 heavy (non-hydrogen) atoms. The van der Waals surface area contributed by atoms with E-state index in [-0.39, 0.29) is 40.8 Å². The topological polar surface area (TPSA) is 104 Å². The minimum atomic E-state index is -0.283. The molecule has 0 spiro atoms. The molecule has 6 atom stereocenters. The molecule has 4 aliphatic rings. The van der Waals surface area contributed by atoms with Gasteiger partial charge in [-0.15, -0.1) is 5.10 Å². The average molecular weight is 515 g/mol. The minimum Gasteiger partial charge on any atom is -0.349 e. The number of hydrogen-bond acceptors (Lipinski definition) is 5. The third-order valence-electron chi connectivity index (χ3n) is 11.1. The lowest BCUT2D eigenvalue weighted by molar-refractivity contribution is -0.251. The number of piperidine rings is 1. The lowest BCUT2D eigenvalue weighted by Gasteiger charge is -2.75. The Kier molecular flexibility index (Phi) is 5.89. The molecule has 200 valence electrons. The summed E-state index contributed by atoms with van der Waals surface area (Å²) in [7, 11) is 0. The fraction of sp³-hybridized carbons (Fsp3) is 0.633. The summed E-state index contributed by atoms with van der Waals surface area (Å²) in [5, 5.41) is 21.8. The fourth-order valence-corrected chi connectivity index (χ4v) is 8.56. The number of nitrogens with one attached hydrogen (secondary N) is 1. The standard InChI is InChI=1S/C30H38N6O2/c1-18-29(2,3)24-16-25(30(18,24)4)32-27(37)21-13-7-6-12-20(21)26-23(17-31)36(34-33-26)28(38)35-15-9-11-19-10-5-8-14-22(19)35/h6-7,12-13,18-19,22,24-25H,5,8-11,14-16H2,1-4H3,(H,32,37)/t18-,19?,22?,24-,25-,30+/m1/s1. The first-order valence-corrected chi connectivity index (χ1v) is 14.3. The molecule has 4 fully saturated rings. The fourth-order valence-electron chi connectivity index (χ4n) is 8.56. The van der Waals surface area contributed by atoms with Crippen molar-refractivity contribution in [1.82, 2.24) is 25.2 Å². The van der Waals surface area contributed by atoms with Gasteiger partial charge in [-0.05, 0) is 66.8 Å². The Morgan fingerprint density at radius 2 is 1.84 bits per heavy atom. The zero-order valence-electron chi connectivity index (χ0n) is 22.9. The van der Waals surface area contributed by atoms with E-state index in [2.05, 4.69) is 49.4 Å². The molecule has 2 heterocycles. The van der Waals surface area contributed by atoms with Gasteiger partial charge in [-0.2, -0.15) is 9.94 Å². The third-order valence-corrected chi connectivity index (χ3v) is 11.1. The quantitative estimate of drug-likeness (QED) is 0.603. The number of carbonyl (C=O) groups excluding carboxylic acids is 2. The summed E-state index contributed by atoms with van der Waals surface area (Å²) in [6, 6.07) is 9.39. The van der Waals surface area contributed by atoms with E-state index in [0.29, 0.717) is 40.8 Å². The first-order valence-electron chi connectivity index (χ1n) is 14.3. The van der Waals surface area contributed by atoms with Crippen LogP contribution in [0.4, 0.5) is 4.79 Å². The van der Waals surface area contributed by atoms with Gasteiger partial charge in [-0.25, -0.2) is 4.79 Å². The first-order chi connectivity index (χ1) is 18.2. The highest BCUT2D eigenvalue weighted by molar-refractivity contribution is 6.01. The van der Waals surface area contributed by atoms with Crippen LogP contribution in [0, 0.1) is 39.9 Å². The van der Waals surface area contributed by atoms with E-state index >= 15 is 0 Å². The van der Waals surface area contributed by atoms with Crippen LogP contribution in [0.2, 0.25) is 0 Å². The van der Waals surface area contributed by atoms with Crippen LogP contribution in [0.15, 0.2) is 24.3 Å². The van der Waals surface area contributed by atoms with Crippen molar-refractivity contribution in [2.45, 2.75) is 84.7 Å². The molecule has 1 aromatic carbocycles. The molecule has 1 aromatic heterocycles. The summed E-state index contributed by atoms with van der Waals surface area (Å²) in [4.78, 5) is 29.1. The van der Waals surface area contributed by atoms with E-state index in [9.17, 15) is 14.9 Å². The molecule has 1 N–H and O–H groups in total. The second kappa shape index (κ2) is 8.93. The predicted octanol–water partition coefficient (Wildman–Crippen LogP) is 5.24. The summed E-state index contributed by atoms with van der Waals surface area (Å²) >= 11 is 0. The smallest absolute Gasteiger partial charge is 0.347 e. The zero-order chi connectivity index (χ0) is 26.8. The molecule has 0 radical (unpaired) electrons. The summed E-state index contributed by atoms with van der Waals surface area (Å²) in [6.07, 6.45) is 7.60. The molecule has 2 amide bonds. The Morgan fingerprint density at radius 3 is 2.61 bits per heavy atom. The minimum absolute atomic E-state index is 0.0817. The second-order valence-electron chi connectivity index (χ2n) is 12.8. The van der Waals surface area contributed by atoms with E-state index in [0.717, 1.165) is 43.2 Å². The maximum absolute atomic E-state index is 13.6. The molecule has 8 heteroatoms. The normalized spacial score (nSPS) is 33.1. The van der Waals surface area contributed by atoms with Crippen molar-refractivity contribution >= 4 is 11.9 Å². The Balaban J connectivity index is 1.26. The number of benzene rings is 1. The van der Waals surface area contributed by atoms with Gasteiger partial charge < -0.3 is 10.2 Å². The SMILES string of the molecule is C[C@@H]1C(C)(C)[C@H]2C[C@@H](NC(=O)c3ccccc3-c3nnn(C(=O)N4CCCC5CCCCC54)c3C#N)[C@@]12C. The van der Waals surface area contributed by atoms with Crippen LogP contribution in [-0.4, -0.2) is 50.5 Å². The zero-order valence-corrected chi connectivity index (χ0v) is 22.9. The van der Waals surface area contributed by atoms with Gasteiger partial charge in [-0.3, -0.25) is 4.79 Å². The highest BCUT2D eigenvalue weighted by Gasteiger charge is 2.71. The van der Waals surface area contributed by atoms with Crippen LogP contribution in [-0.2, 0) is 0 Å². The van der Waals surface area contributed by atoms with Crippen LogP contribution in [0.3, 0.4) is 0 Å². The van der Waals surface area contributed by atoms with E-state index in [1.807, 2.05) is 17.0 Å². The number of fused-ring (bicyclic) bond motifs is 2. The monoisotopic (exact) mass is 514 g/mol. The van der Waals surface area contributed by atoms with Crippen LogP contribution >= 0.6 is 0 Å². The predicted molar refractivity (Wildman–Crippen MR) is 143 cm³/mol. The molecule has 2 aromatic rings. The molecule has 3 aliphatic carbocycles. The molecule has 8 nitrogen and oxygen atoms in total. The summed E-state index contributed by atoms with van der Waals surface area (Å²) in [5.74, 6) is 1.48. The molecular weight excluding hydrogens is 476 g/mol. The number of nitrogens with zero attached hydrogens (tertiary/aromatic N) is 5. The number of likely N-dealkylation sites (tertiary alicyclic amines) is 1. The number of carbonyl (C=O) groups is 2. The Labute approximate surface area is 224 Å². The van der Waals surface area contributed by atoms with E-state index in [1.165, 1.54) is 6.42 Å². The molecule has 6 rings (SSSR count). The van der Waals surface area contributed by atoms with Crippen LogP contribution in [0.5, 0.6) is 0 Å². The van der Waals surface area contributed by atoms with Gasteiger partial charge in [0.05, 0.1) is 0 Å². The molecular formula is C30H38N6O2. The highest BCUT2D eigenvalue weighted by Crippen LogP contribution is 2.73. The number of aromatic nitrogens is 3. The van der Waals surface area contributed by atoms with Crippen molar-refractivity contribution in [2.75, 3.05) is 6.54 Å². The van der Waals surface area contributed by atoms with Crippen molar-refractivity contribution in [1.29, 1.82) is 5.26 Å². The molecule has 1 saturated heterocycles. The number of rotatable bonds is 3. The molecule has 1 aliphatic heterocycles. The van der Waals surface area contributed by atoms with Crippen molar-refractivity contribution < 1.29 is 9.59 Å². The summed E-state index contributed by atoms with van der Waals surface area (Å²) in [6.45, 7) is 9.90. The van der Waals surface area contributed by atoms with Crippen molar-refractivity contribution in [3.8, 4) is 17.3 Å². The van der Waals surface area contributed by atoms with Gasteiger partial charge in [0.2, 0.25) is 0 Å². The lowest BCUT2D eigenvalue weighted by atomic mass is 9.31. The van der Waals surface area contributed by atoms with Crippen LogP contribution < -0.4 is 5.32 Å². The number of hydrogen-bond donors (Lipinski definition) is 1. The van der Waals surface area contributed by atoms with E-state index in [4.69, 9.17) is 0 Å². The van der Waals surface area contributed by atoms with Crippen LogP contribution in [0.25, 0.3) is 11.3 Å². The maximum atomic E-state index is 13.6. The molecule has 2 unspecified atom stereocenters. The van der Waals surface area contributed by atoms with E-state index < -0.39 is 0 Å². The van der Waals surface area contributed by atoms with Crippen molar-refractivity contribution in [3.63, 3.8) is 0 Å². The third kappa shape index (κ3) is 3.47. The molecule has 3 saturated carbocycles. The van der Waals surface area contributed by atoms with Gasteiger partial charge in [0.1, 0.15) is 11.8 Å². The summed E-state index contributed by atoms with van der Waals surface area (Å²) in [5.41, 5.74) is 1.74. The van der Waals surface area contributed by atoms with Crippen molar-refractivity contribution in [3.05, 3.63) is 35.5 Å². The number of nitriles is 1. The highest BCUT2D eigenvalue weighted by atomic mass is 16.2. The second-order valence-corrected chi connectivity index (χ2v) is 12.8. The van der Waals surface area contributed by atoms with E-state index in [1.54, 1.807) is 12.1 Å². The Morgan fingerprint density at radius 1 is 1.11 bits per heavy atom. The Hall–Kier alpha value is -3.21. The molecule has 0 bridgehead atoms. The number of amides is 2. The first kappa shape index (κ1) is 25.1. The van der Waals surface area contributed by atoms with Gasteiger partial charge in [0.15, 0.2) is 5.69 Å². The lowest BCUT2D eigenvalue weighted by Crippen LogP contribution is -2.76. The Bertz CT molecular complexity index is 1310. The van der Waals surface area contributed by atoms with Gasteiger partial charge in [-0.1, -0.05) is 63.9 Å². The largest absolute Gasteiger partial charge is 0.349 e. The van der Waals surface area contributed by atoms with Crippen LogP contribution in [0.1, 0.15) is 88.7 Å². The van der Waals surface area contributed by atoms with Crippen molar-refractivity contribution in [2.24, 2.45) is 28.6 Å². The van der Waals surface area contributed by atoms with Gasteiger partial charge in [0, 0.05) is 29.8 Å². The van der Waals surface area contributed by atoms with Gasteiger partial charge in [0.25, 0.3) is 5.91 Å². The summed E-state index contributed by atoms with van der Waals surface area (Å²) < 4.78 is 1.15. The average Bonchev–Trinajstić information content (AvgIpc) is 3.37. The maximum Gasteiger partial charge on any atom is 0.347 e. The van der Waals surface area contributed by atoms with Gasteiger partial charge >= 0.3 is 6.03 Å².